The highest BCUT2D eigenvalue weighted by Gasteiger charge is 2.13. The molecule has 1 heterocycles. The molecule has 2 rings (SSSR count). The third-order valence-corrected chi connectivity index (χ3v) is 4.44. The molecule has 2 aromatic rings. The van der Waals surface area contributed by atoms with E-state index in [9.17, 15) is 0 Å². The fourth-order valence-electron chi connectivity index (χ4n) is 2.30. The molecule has 1 atom stereocenters. The minimum atomic E-state index is 0.424. The smallest absolute Gasteiger partial charge is 0.0417 e. The minimum Gasteiger partial charge on any atom is -0.309 e. The molecule has 0 aliphatic heterocycles. The molecule has 0 amide bonds. The molecule has 0 fully saturated rings. The van der Waals surface area contributed by atoms with E-state index < -0.39 is 0 Å². The monoisotopic (exact) mass is 274 g/mol. The maximum atomic E-state index is 4.21. The Kier molecular flexibility index (Phi) is 5.67. The molecule has 0 bridgehead atoms. The van der Waals surface area contributed by atoms with Crippen LogP contribution in [-0.4, -0.2) is 23.0 Å². The van der Waals surface area contributed by atoms with Gasteiger partial charge < -0.3 is 5.32 Å². The molecule has 0 spiro atoms. The van der Waals surface area contributed by atoms with Crippen LogP contribution in [0.25, 0.3) is 10.8 Å². The van der Waals surface area contributed by atoms with Crippen LogP contribution in [0.4, 0.5) is 0 Å². The summed E-state index contributed by atoms with van der Waals surface area (Å²) in [6.45, 7) is 5.40. The van der Waals surface area contributed by atoms with E-state index in [1.54, 1.807) is 0 Å². The van der Waals surface area contributed by atoms with Crippen molar-refractivity contribution in [3.05, 3.63) is 42.2 Å². The number of fused-ring (bicyclic) bond motifs is 1. The summed E-state index contributed by atoms with van der Waals surface area (Å²) in [6.07, 6.45) is 5.07. The van der Waals surface area contributed by atoms with Gasteiger partial charge in [0.15, 0.2) is 0 Å². The van der Waals surface area contributed by atoms with E-state index in [2.05, 4.69) is 48.4 Å². The van der Waals surface area contributed by atoms with Crippen LogP contribution in [0.1, 0.15) is 31.9 Å². The average molecular weight is 274 g/mol. The van der Waals surface area contributed by atoms with Crippen molar-refractivity contribution in [2.75, 3.05) is 18.1 Å². The third-order valence-electron chi connectivity index (χ3n) is 3.17. The Hall–Kier alpha value is -1.06. The van der Waals surface area contributed by atoms with Gasteiger partial charge in [-0.05, 0) is 35.7 Å². The van der Waals surface area contributed by atoms with Gasteiger partial charge in [0.05, 0.1) is 0 Å². The molecular formula is C16H22N2S. The zero-order valence-electron chi connectivity index (χ0n) is 11.7. The van der Waals surface area contributed by atoms with Gasteiger partial charge in [-0.2, -0.15) is 11.8 Å². The van der Waals surface area contributed by atoms with Crippen molar-refractivity contribution in [3.8, 4) is 0 Å². The summed E-state index contributed by atoms with van der Waals surface area (Å²) < 4.78 is 0. The van der Waals surface area contributed by atoms with Gasteiger partial charge in [0.2, 0.25) is 0 Å². The van der Waals surface area contributed by atoms with Crippen LogP contribution in [0.2, 0.25) is 0 Å². The first-order chi connectivity index (χ1) is 9.36. The molecule has 0 saturated carbocycles. The van der Waals surface area contributed by atoms with Crippen LogP contribution in [-0.2, 0) is 0 Å². The number of nitrogens with zero attached hydrogens (tertiary/aromatic N) is 1. The summed E-state index contributed by atoms with van der Waals surface area (Å²) in [7, 11) is 0. The van der Waals surface area contributed by atoms with Crippen LogP contribution in [0.3, 0.4) is 0 Å². The summed E-state index contributed by atoms with van der Waals surface area (Å²) in [6, 6.07) is 9.05. The lowest BCUT2D eigenvalue weighted by Crippen LogP contribution is -2.23. The van der Waals surface area contributed by atoms with Gasteiger partial charge in [-0.15, -0.1) is 0 Å². The molecule has 0 aliphatic rings. The highest BCUT2D eigenvalue weighted by atomic mass is 32.2. The molecule has 0 aliphatic carbocycles. The molecule has 1 aromatic heterocycles. The standard InChI is InChI=1S/C16H22N2S/c1-3-10-19-12-16(18-4-2)15-7-5-6-13-11-17-9-8-14(13)15/h5-9,11,16,18H,3-4,10,12H2,1-2H3. The van der Waals surface area contributed by atoms with Crippen LogP contribution in [0.5, 0.6) is 0 Å². The molecular weight excluding hydrogens is 252 g/mol. The molecule has 0 saturated heterocycles. The highest BCUT2D eigenvalue weighted by molar-refractivity contribution is 7.99. The molecule has 102 valence electrons. The molecule has 1 N–H and O–H groups in total. The second-order valence-corrected chi connectivity index (χ2v) is 5.78. The number of rotatable bonds is 7. The Morgan fingerprint density at radius 2 is 2.16 bits per heavy atom. The summed E-state index contributed by atoms with van der Waals surface area (Å²) in [4.78, 5) is 4.21. The minimum absolute atomic E-state index is 0.424. The quantitative estimate of drug-likeness (QED) is 0.772. The number of aromatic nitrogens is 1. The zero-order valence-corrected chi connectivity index (χ0v) is 12.5. The van der Waals surface area contributed by atoms with Crippen LogP contribution < -0.4 is 5.32 Å². The van der Waals surface area contributed by atoms with Crippen LogP contribution in [0, 0.1) is 0 Å². The molecule has 0 radical (unpaired) electrons. The van der Waals surface area contributed by atoms with Gasteiger partial charge >= 0.3 is 0 Å². The lowest BCUT2D eigenvalue weighted by Gasteiger charge is -2.19. The largest absolute Gasteiger partial charge is 0.309 e. The number of thioether (sulfide) groups is 1. The van der Waals surface area contributed by atoms with Gasteiger partial charge in [-0.1, -0.05) is 32.0 Å². The van der Waals surface area contributed by atoms with Crippen molar-refractivity contribution < 1.29 is 0 Å². The van der Waals surface area contributed by atoms with E-state index in [4.69, 9.17) is 0 Å². The van der Waals surface area contributed by atoms with E-state index in [0.717, 1.165) is 12.3 Å². The fraction of sp³-hybridized carbons (Fsp3) is 0.438. The predicted octanol–water partition coefficient (Wildman–Crippen LogP) is 4.03. The van der Waals surface area contributed by atoms with Gasteiger partial charge in [-0.3, -0.25) is 4.98 Å². The number of hydrogen-bond donors (Lipinski definition) is 1. The molecule has 19 heavy (non-hydrogen) atoms. The molecule has 3 heteroatoms. The lowest BCUT2D eigenvalue weighted by molar-refractivity contribution is 0.609. The first kappa shape index (κ1) is 14.4. The maximum absolute atomic E-state index is 4.21. The Morgan fingerprint density at radius 1 is 1.26 bits per heavy atom. The van der Waals surface area contributed by atoms with Crippen molar-refractivity contribution in [3.63, 3.8) is 0 Å². The van der Waals surface area contributed by atoms with E-state index in [-0.39, 0.29) is 0 Å². The molecule has 1 unspecified atom stereocenters. The Bertz CT molecular complexity index is 508. The summed E-state index contributed by atoms with van der Waals surface area (Å²) >= 11 is 2.03. The highest BCUT2D eigenvalue weighted by Crippen LogP contribution is 2.26. The SMILES string of the molecule is CCCSCC(NCC)c1cccc2cnccc12. The number of hydrogen-bond acceptors (Lipinski definition) is 3. The maximum Gasteiger partial charge on any atom is 0.0417 e. The van der Waals surface area contributed by atoms with Crippen molar-refractivity contribution in [2.24, 2.45) is 0 Å². The zero-order chi connectivity index (χ0) is 13.5. The van der Waals surface area contributed by atoms with Gasteiger partial charge in [0, 0.05) is 29.6 Å². The second kappa shape index (κ2) is 7.51. The molecule has 2 nitrogen and oxygen atoms in total. The second-order valence-electron chi connectivity index (χ2n) is 4.63. The Morgan fingerprint density at radius 3 is 2.95 bits per heavy atom. The average Bonchev–Trinajstić information content (AvgIpc) is 2.46. The van der Waals surface area contributed by atoms with E-state index in [0.29, 0.717) is 6.04 Å². The van der Waals surface area contributed by atoms with Gasteiger partial charge in [0.25, 0.3) is 0 Å². The lowest BCUT2D eigenvalue weighted by atomic mass is 10.0. The first-order valence-electron chi connectivity index (χ1n) is 7.00. The van der Waals surface area contributed by atoms with Gasteiger partial charge in [0.1, 0.15) is 0 Å². The van der Waals surface area contributed by atoms with Crippen molar-refractivity contribution in [1.29, 1.82) is 0 Å². The van der Waals surface area contributed by atoms with Crippen molar-refractivity contribution >= 4 is 22.5 Å². The van der Waals surface area contributed by atoms with Crippen molar-refractivity contribution in [2.45, 2.75) is 26.3 Å². The van der Waals surface area contributed by atoms with Gasteiger partial charge in [-0.25, -0.2) is 0 Å². The summed E-state index contributed by atoms with van der Waals surface area (Å²) in [5, 5.41) is 6.15. The molecule has 1 aromatic carbocycles. The first-order valence-corrected chi connectivity index (χ1v) is 8.16. The number of nitrogens with one attached hydrogen (secondary N) is 1. The third kappa shape index (κ3) is 3.71. The van der Waals surface area contributed by atoms with E-state index >= 15 is 0 Å². The van der Waals surface area contributed by atoms with E-state index in [1.807, 2.05) is 24.2 Å². The number of pyridine rings is 1. The normalized spacial score (nSPS) is 12.7. The topological polar surface area (TPSA) is 24.9 Å². The van der Waals surface area contributed by atoms with Crippen LogP contribution in [0.15, 0.2) is 36.7 Å². The van der Waals surface area contributed by atoms with Crippen LogP contribution >= 0.6 is 11.8 Å². The fourth-order valence-corrected chi connectivity index (χ4v) is 3.29. The summed E-state index contributed by atoms with van der Waals surface area (Å²) in [5.74, 6) is 2.36. The number of benzene rings is 1. The predicted molar refractivity (Wildman–Crippen MR) is 85.8 cm³/mol. The Balaban J connectivity index is 2.27. The Labute approximate surface area is 120 Å². The van der Waals surface area contributed by atoms with E-state index in [1.165, 1.54) is 28.5 Å². The van der Waals surface area contributed by atoms with Crippen molar-refractivity contribution in [1.82, 2.24) is 10.3 Å². The summed E-state index contributed by atoms with van der Waals surface area (Å²) in [5.41, 5.74) is 1.39.